The summed E-state index contributed by atoms with van der Waals surface area (Å²) in [6, 6.07) is 10.1. The molecule has 31 heavy (non-hydrogen) atoms. The van der Waals surface area contributed by atoms with Crippen LogP contribution in [0.1, 0.15) is 25.2 Å². The molecule has 0 bridgehead atoms. The van der Waals surface area contributed by atoms with Crippen LogP contribution in [-0.4, -0.2) is 39.7 Å². The third-order valence-corrected chi connectivity index (χ3v) is 4.34. The lowest BCUT2D eigenvalue weighted by Gasteiger charge is -2.17. The van der Waals surface area contributed by atoms with Gasteiger partial charge in [0.1, 0.15) is 29.3 Å². The summed E-state index contributed by atoms with van der Waals surface area (Å²) in [6.07, 6.45) is 5.30. The zero-order chi connectivity index (χ0) is 21.3. The Morgan fingerprint density at radius 3 is 2.71 bits per heavy atom. The first kappa shape index (κ1) is 24.6. The first-order chi connectivity index (χ1) is 14.5. The number of nitrogens with one attached hydrogen (secondary N) is 2. The summed E-state index contributed by atoms with van der Waals surface area (Å²) in [6.45, 7) is 7.62. The van der Waals surface area contributed by atoms with E-state index in [0.717, 1.165) is 23.8 Å². The fraction of sp³-hybridized carbons (Fsp3) is 0.318. The molecule has 0 spiro atoms. The molecule has 166 valence electrons. The molecule has 0 fully saturated rings. The van der Waals surface area contributed by atoms with E-state index in [9.17, 15) is 4.39 Å². The number of benzene rings is 1. The van der Waals surface area contributed by atoms with E-state index in [4.69, 9.17) is 4.74 Å². The summed E-state index contributed by atoms with van der Waals surface area (Å²) >= 11 is 0. The van der Waals surface area contributed by atoms with Gasteiger partial charge in [0.25, 0.3) is 0 Å². The van der Waals surface area contributed by atoms with Crippen LogP contribution in [0.3, 0.4) is 0 Å². The second-order valence-corrected chi connectivity index (χ2v) is 6.83. The Hall–Kier alpha value is -2.69. The molecule has 0 aliphatic heterocycles. The Bertz CT molecular complexity index is 976. The molecule has 1 atom stereocenters. The maximum atomic E-state index is 13.3. The molecular weight excluding hydrogens is 510 g/mol. The van der Waals surface area contributed by atoms with Gasteiger partial charge in [-0.15, -0.1) is 24.0 Å². The van der Waals surface area contributed by atoms with E-state index in [-0.39, 0.29) is 35.9 Å². The number of halogens is 2. The molecule has 0 saturated heterocycles. The van der Waals surface area contributed by atoms with Gasteiger partial charge in [0, 0.05) is 31.2 Å². The van der Waals surface area contributed by atoms with Crippen molar-refractivity contribution in [3.8, 4) is 11.6 Å². The standard InChI is InChI=1S/C22H27FN6O.HI/c1-4-24-22(27-13-16(2)30-20-7-5-6-19(23)12-20)28-15-18-8-9-21(26-14-18)29-11-10-25-17(29)3;/h5-12,14,16H,4,13,15H2,1-3H3,(H2,24,27,28);1H. The third kappa shape index (κ3) is 7.50. The van der Waals surface area contributed by atoms with Crippen LogP contribution in [0.2, 0.25) is 0 Å². The summed E-state index contributed by atoms with van der Waals surface area (Å²) < 4.78 is 21.0. The van der Waals surface area contributed by atoms with Crippen molar-refractivity contribution in [2.45, 2.75) is 33.4 Å². The molecule has 0 saturated carbocycles. The summed E-state index contributed by atoms with van der Waals surface area (Å²) in [7, 11) is 0. The molecular formula is C22H28FIN6O. The second-order valence-electron chi connectivity index (χ2n) is 6.83. The largest absolute Gasteiger partial charge is 0.489 e. The number of pyridine rings is 1. The van der Waals surface area contributed by atoms with E-state index in [2.05, 4.69) is 25.6 Å². The molecule has 0 aliphatic carbocycles. The van der Waals surface area contributed by atoms with Crippen molar-refractivity contribution in [2.75, 3.05) is 13.1 Å². The van der Waals surface area contributed by atoms with Crippen LogP contribution in [0.4, 0.5) is 4.39 Å². The van der Waals surface area contributed by atoms with Crippen LogP contribution in [-0.2, 0) is 6.54 Å². The Labute approximate surface area is 199 Å². The number of ether oxygens (including phenoxy) is 1. The van der Waals surface area contributed by atoms with Gasteiger partial charge < -0.3 is 15.4 Å². The molecule has 0 amide bonds. The Balaban J connectivity index is 0.00000341. The highest BCUT2D eigenvalue weighted by atomic mass is 127. The summed E-state index contributed by atoms with van der Waals surface area (Å²) in [4.78, 5) is 13.3. The van der Waals surface area contributed by atoms with Gasteiger partial charge in [0.2, 0.25) is 0 Å². The third-order valence-electron chi connectivity index (χ3n) is 4.34. The molecule has 1 aromatic carbocycles. The highest BCUT2D eigenvalue weighted by Gasteiger charge is 2.07. The normalized spacial score (nSPS) is 12.1. The van der Waals surface area contributed by atoms with Crippen LogP contribution in [0.5, 0.6) is 5.75 Å². The SMILES string of the molecule is CCNC(=NCc1ccc(-n2ccnc2C)nc1)NCC(C)Oc1cccc(F)c1.I. The van der Waals surface area contributed by atoms with Crippen LogP contribution < -0.4 is 15.4 Å². The Kier molecular flexibility index (Phi) is 9.70. The molecule has 9 heteroatoms. The lowest BCUT2D eigenvalue weighted by molar-refractivity contribution is 0.223. The van der Waals surface area contributed by atoms with Crippen molar-refractivity contribution in [3.63, 3.8) is 0 Å². The number of guanidine groups is 1. The van der Waals surface area contributed by atoms with E-state index in [1.54, 1.807) is 18.3 Å². The van der Waals surface area contributed by atoms with Crippen LogP contribution in [0.15, 0.2) is 60.0 Å². The number of rotatable bonds is 8. The van der Waals surface area contributed by atoms with Crippen molar-refractivity contribution in [3.05, 3.63) is 72.2 Å². The maximum absolute atomic E-state index is 13.3. The van der Waals surface area contributed by atoms with E-state index >= 15 is 0 Å². The highest BCUT2D eigenvalue weighted by Crippen LogP contribution is 2.13. The maximum Gasteiger partial charge on any atom is 0.191 e. The van der Waals surface area contributed by atoms with Gasteiger partial charge in [-0.25, -0.2) is 19.4 Å². The number of nitrogens with zero attached hydrogens (tertiary/aromatic N) is 4. The fourth-order valence-electron chi connectivity index (χ4n) is 2.84. The van der Waals surface area contributed by atoms with Gasteiger partial charge in [-0.3, -0.25) is 4.57 Å². The first-order valence-corrected chi connectivity index (χ1v) is 9.95. The number of aliphatic imine (C=N–C) groups is 1. The molecule has 3 rings (SSSR count). The van der Waals surface area contributed by atoms with E-state index in [1.807, 2.05) is 49.9 Å². The Morgan fingerprint density at radius 1 is 1.23 bits per heavy atom. The quantitative estimate of drug-likeness (QED) is 0.259. The fourth-order valence-corrected chi connectivity index (χ4v) is 2.84. The monoisotopic (exact) mass is 538 g/mol. The van der Waals surface area contributed by atoms with Gasteiger partial charge in [0.05, 0.1) is 13.1 Å². The van der Waals surface area contributed by atoms with Gasteiger partial charge >= 0.3 is 0 Å². The molecule has 2 aromatic heterocycles. The predicted octanol–water partition coefficient (Wildman–Crippen LogP) is 3.86. The zero-order valence-corrected chi connectivity index (χ0v) is 20.2. The lowest BCUT2D eigenvalue weighted by Crippen LogP contribution is -2.41. The van der Waals surface area contributed by atoms with Crippen molar-refractivity contribution < 1.29 is 9.13 Å². The van der Waals surface area contributed by atoms with Crippen LogP contribution in [0, 0.1) is 12.7 Å². The Morgan fingerprint density at radius 2 is 2.06 bits per heavy atom. The van der Waals surface area contributed by atoms with Gasteiger partial charge in [-0.2, -0.15) is 0 Å². The molecule has 2 heterocycles. The zero-order valence-electron chi connectivity index (χ0n) is 17.9. The number of aromatic nitrogens is 3. The molecule has 0 aliphatic rings. The number of imidazole rings is 1. The molecule has 0 radical (unpaired) electrons. The van der Waals surface area contributed by atoms with E-state index < -0.39 is 0 Å². The van der Waals surface area contributed by atoms with Crippen molar-refractivity contribution in [2.24, 2.45) is 4.99 Å². The van der Waals surface area contributed by atoms with Gasteiger partial charge in [-0.1, -0.05) is 12.1 Å². The van der Waals surface area contributed by atoms with Crippen molar-refractivity contribution >= 4 is 29.9 Å². The lowest BCUT2D eigenvalue weighted by atomic mass is 10.3. The van der Waals surface area contributed by atoms with Crippen LogP contribution in [0.25, 0.3) is 5.82 Å². The molecule has 3 aromatic rings. The minimum Gasteiger partial charge on any atom is -0.489 e. The average Bonchev–Trinajstić information content (AvgIpc) is 3.16. The van der Waals surface area contributed by atoms with Gasteiger partial charge in [0.15, 0.2) is 5.96 Å². The topological polar surface area (TPSA) is 76.4 Å². The van der Waals surface area contributed by atoms with E-state index in [1.165, 1.54) is 12.1 Å². The van der Waals surface area contributed by atoms with Crippen molar-refractivity contribution in [1.29, 1.82) is 0 Å². The number of hydrogen-bond acceptors (Lipinski definition) is 4. The molecule has 7 nitrogen and oxygen atoms in total. The molecule has 1 unspecified atom stereocenters. The number of hydrogen-bond donors (Lipinski definition) is 2. The second kappa shape index (κ2) is 12.2. The number of aryl methyl sites for hydroxylation is 1. The van der Waals surface area contributed by atoms with Gasteiger partial charge in [-0.05, 0) is 44.5 Å². The van der Waals surface area contributed by atoms with Crippen LogP contribution >= 0.6 is 24.0 Å². The minimum absolute atomic E-state index is 0. The summed E-state index contributed by atoms with van der Waals surface area (Å²) in [5.74, 6) is 2.59. The highest BCUT2D eigenvalue weighted by molar-refractivity contribution is 14.0. The predicted molar refractivity (Wildman–Crippen MR) is 131 cm³/mol. The summed E-state index contributed by atoms with van der Waals surface area (Å²) in [5.41, 5.74) is 0.998. The van der Waals surface area contributed by atoms with Crippen molar-refractivity contribution in [1.82, 2.24) is 25.2 Å². The van der Waals surface area contributed by atoms with E-state index in [0.29, 0.717) is 24.8 Å². The minimum atomic E-state index is -0.314. The first-order valence-electron chi connectivity index (χ1n) is 9.95. The smallest absolute Gasteiger partial charge is 0.191 e. The summed E-state index contributed by atoms with van der Waals surface area (Å²) in [5, 5.41) is 6.47. The average molecular weight is 538 g/mol. The molecule has 2 N–H and O–H groups in total.